The predicted molar refractivity (Wildman–Crippen MR) is 87.1 cm³/mol. The van der Waals surface area contributed by atoms with Crippen molar-refractivity contribution in [1.29, 1.82) is 0 Å². The second-order valence-electron chi connectivity index (χ2n) is 5.55. The molecule has 0 spiro atoms. The van der Waals surface area contributed by atoms with Gasteiger partial charge >= 0.3 is 6.18 Å². The topological polar surface area (TPSA) is 46.9 Å². The Balaban J connectivity index is 1.67. The van der Waals surface area contributed by atoms with Crippen LogP contribution in [-0.2, 0) is 12.7 Å². The maximum atomic E-state index is 13.6. The summed E-state index contributed by atoms with van der Waals surface area (Å²) >= 11 is 0. The molecule has 2 aromatic carbocycles. The van der Waals surface area contributed by atoms with Gasteiger partial charge in [0.1, 0.15) is 5.82 Å². The summed E-state index contributed by atoms with van der Waals surface area (Å²) in [4.78, 5) is 12.1. The Morgan fingerprint density at radius 1 is 1.08 bits per heavy atom. The van der Waals surface area contributed by atoms with E-state index in [4.69, 9.17) is 0 Å². The summed E-state index contributed by atoms with van der Waals surface area (Å²) in [5.41, 5.74) is 0.0501. The summed E-state index contributed by atoms with van der Waals surface area (Å²) in [6.45, 7) is 0.183. The molecule has 0 aliphatic heterocycles. The van der Waals surface area contributed by atoms with Crippen LogP contribution in [0.1, 0.15) is 21.5 Å². The summed E-state index contributed by atoms with van der Waals surface area (Å²) in [5, 5.41) is 6.57. The van der Waals surface area contributed by atoms with E-state index in [1.54, 1.807) is 18.2 Å². The zero-order chi connectivity index (χ0) is 18.7. The van der Waals surface area contributed by atoms with Gasteiger partial charge in [-0.1, -0.05) is 18.2 Å². The van der Waals surface area contributed by atoms with E-state index in [-0.39, 0.29) is 17.9 Å². The molecule has 1 aromatic heterocycles. The highest BCUT2D eigenvalue weighted by Gasteiger charge is 2.30. The van der Waals surface area contributed by atoms with E-state index in [0.717, 1.165) is 24.3 Å². The third-order valence-corrected chi connectivity index (χ3v) is 3.66. The molecule has 3 rings (SSSR count). The van der Waals surface area contributed by atoms with Crippen LogP contribution in [0.25, 0.3) is 0 Å². The van der Waals surface area contributed by atoms with E-state index in [9.17, 15) is 22.4 Å². The van der Waals surface area contributed by atoms with Crippen LogP contribution in [0, 0.1) is 5.82 Å². The minimum Gasteiger partial charge on any atom is -0.319 e. The van der Waals surface area contributed by atoms with Crippen LogP contribution in [-0.4, -0.2) is 15.7 Å². The number of carbonyl (C=O) groups excluding carboxylic acids is 1. The van der Waals surface area contributed by atoms with Gasteiger partial charge in [0.05, 0.1) is 24.0 Å². The van der Waals surface area contributed by atoms with E-state index < -0.39 is 17.6 Å². The molecule has 0 fully saturated rings. The lowest BCUT2D eigenvalue weighted by atomic mass is 10.1. The van der Waals surface area contributed by atoms with E-state index >= 15 is 0 Å². The number of anilines is 1. The molecule has 1 heterocycles. The first-order valence-corrected chi connectivity index (χ1v) is 7.57. The minimum absolute atomic E-state index is 0.0832. The fourth-order valence-electron chi connectivity index (χ4n) is 2.33. The van der Waals surface area contributed by atoms with Gasteiger partial charge in [-0.2, -0.15) is 18.3 Å². The van der Waals surface area contributed by atoms with E-state index in [0.29, 0.717) is 11.3 Å². The van der Waals surface area contributed by atoms with Gasteiger partial charge in [-0.25, -0.2) is 4.39 Å². The highest BCUT2D eigenvalue weighted by atomic mass is 19.4. The summed E-state index contributed by atoms with van der Waals surface area (Å²) in [7, 11) is 0. The van der Waals surface area contributed by atoms with Crippen LogP contribution >= 0.6 is 0 Å². The van der Waals surface area contributed by atoms with Crippen molar-refractivity contribution in [2.75, 3.05) is 5.32 Å². The van der Waals surface area contributed by atoms with Crippen LogP contribution < -0.4 is 5.32 Å². The Kier molecular flexibility index (Phi) is 4.75. The fraction of sp³-hybridized carbons (Fsp3) is 0.111. The van der Waals surface area contributed by atoms with Crippen molar-refractivity contribution in [2.24, 2.45) is 0 Å². The molecule has 0 bridgehead atoms. The van der Waals surface area contributed by atoms with Gasteiger partial charge in [-0.3, -0.25) is 9.48 Å². The lowest BCUT2D eigenvalue weighted by molar-refractivity contribution is -0.137. The molecule has 3 aromatic rings. The first-order valence-electron chi connectivity index (χ1n) is 7.57. The Labute approximate surface area is 146 Å². The number of hydrogen-bond acceptors (Lipinski definition) is 2. The summed E-state index contributed by atoms with van der Waals surface area (Å²) in [6, 6.07) is 10.1. The number of carbonyl (C=O) groups is 1. The SMILES string of the molecule is O=C(Nc1cnn(Cc2ccccc2F)c1)c1ccc(C(F)(F)F)cc1. The molecule has 4 nitrogen and oxygen atoms in total. The van der Waals surface area contributed by atoms with Crippen LogP contribution in [0.15, 0.2) is 60.9 Å². The highest BCUT2D eigenvalue weighted by Crippen LogP contribution is 2.29. The van der Waals surface area contributed by atoms with Gasteiger partial charge in [0.15, 0.2) is 0 Å². The number of alkyl halides is 3. The molecule has 0 aliphatic rings. The third-order valence-electron chi connectivity index (χ3n) is 3.66. The quantitative estimate of drug-likeness (QED) is 0.701. The molecular formula is C18H13F4N3O. The van der Waals surface area contributed by atoms with Crippen molar-refractivity contribution in [3.05, 3.63) is 83.4 Å². The van der Waals surface area contributed by atoms with Gasteiger partial charge in [0, 0.05) is 17.3 Å². The van der Waals surface area contributed by atoms with Crippen LogP contribution in [0.2, 0.25) is 0 Å². The zero-order valence-corrected chi connectivity index (χ0v) is 13.3. The van der Waals surface area contributed by atoms with Crippen LogP contribution in [0.4, 0.5) is 23.2 Å². The molecule has 8 heteroatoms. The lowest BCUT2D eigenvalue weighted by Gasteiger charge is -2.07. The van der Waals surface area contributed by atoms with E-state index in [1.807, 2.05) is 0 Å². The van der Waals surface area contributed by atoms with Crippen molar-refractivity contribution in [3.63, 3.8) is 0 Å². The second kappa shape index (κ2) is 6.99. The Bertz CT molecular complexity index is 917. The Morgan fingerprint density at radius 3 is 2.42 bits per heavy atom. The van der Waals surface area contributed by atoms with Crippen molar-refractivity contribution in [2.45, 2.75) is 12.7 Å². The molecule has 134 valence electrons. The zero-order valence-electron chi connectivity index (χ0n) is 13.3. The van der Waals surface area contributed by atoms with Gasteiger partial charge in [-0.15, -0.1) is 0 Å². The van der Waals surface area contributed by atoms with Crippen LogP contribution in [0.3, 0.4) is 0 Å². The summed E-state index contributed by atoms with van der Waals surface area (Å²) in [6.07, 6.45) is -1.57. The number of halogens is 4. The molecule has 0 radical (unpaired) electrons. The average molecular weight is 363 g/mol. The normalized spacial score (nSPS) is 11.4. The van der Waals surface area contributed by atoms with Gasteiger partial charge in [0.25, 0.3) is 5.91 Å². The number of hydrogen-bond donors (Lipinski definition) is 1. The first kappa shape index (κ1) is 17.7. The number of rotatable bonds is 4. The minimum atomic E-state index is -4.46. The Hall–Kier alpha value is -3.16. The van der Waals surface area contributed by atoms with Crippen molar-refractivity contribution in [1.82, 2.24) is 9.78 Å². The molecule has 0 atom stereocenters. The highest BCUT2D eigenvalue weighted by molar-refractivity contribution is 6.04. The molecule has 0 aliphatic carbocycles. The second-order valence-corrected chi connectivity index (χ2v) is 5.55. The van der Waals surface area contributed by atoms with E-state index in [2.05, 4.69) is 10.4 Å². The van der Waals surface area contributed by atoms with Gasteiger partial charge in [0.2, 0.25) is 0 Å². The fourth-order valence-corrected chi connectivity index (χ4v) is 2.33. The smallest absolute Gasteiger partial charge is 0.319 e. The van der Waals surface area contributed by atoms with Gasteiger partial charge < -0.3 is 5.32 Å². The lowest BCUT2D eigenvalue weighted by Crippen LogP contribution is -2.12. The van der Waals surface area contributed by atoms with Crippen molar-refractivity contribution < 1.29 is 22.4 Å². The van der Waals surface area contributed by atoms with Gasteiger partial charge in [-0.05, 0) is 30.3 Å². The molecule has 26 heavy (non-hydrogen) atoms. The Morgan fingerprint density at radius 2 is 1.77 bits per heavy atom. The molecule has 0 unspecified atom stereocenters. The third kappa shape index (κ3) is 4.08. The standard InChI is InChI=1S/C18H13F4N3O/c19-16-4-2-1-3-13(16)10-25-11-15(9-23-25)24-17(26)12-5-7-14(8-6-12)18(20,21)22/h1-9,11H,10H2,(H,24,26). The van der Waals surface area contributed by atoms with Crippen LogP contribution in [0.5, 0.6) is 0 Å². The molecule has 1 amide bonds. The summed E-state index contributed by atoms with van der Waals surface area (Å²) in [5.74, 6) is -0.928. The number of amides is 1. The molecule has 0 saturated carbocycles. The van der Waals surface area contributed by atoms with Crippen molar-refractivity contribution >= 4 is 11.6 Å². The monoisotopic (exact) mass is 363 g/mol. The van der Waals surface area contributed by atoms with E-state index in [1.165, 1.54) is 23.1 Å². The molecule has 1 N–H and O–H groups in total. The number of benzene rings is 2. The average Bonchev–Trinajstić information content (AvgIpc) is 3.03. The predicted octanol–water partition coefficient (Wildman–Crippen LogP) is 4.34. The molecule has 0 saturated heterocycles. The number of aromatic nitrogens is 2. The molecular weight excluding hydrogens is 350 g/mol. The first-order chi connectivity index (χ1) is 12.3. The summed E-state index contributed by atoms with van der Waals surface area (Å²) < 4.78 is 52.7. The number of nitrogens with zero attached hydrogens (tertiary/aromatic N) is 2. The number of nitrogens with one attached hydrogen (secondary N) is 1. The maximum absolute atomic E-state index is 13.6. The largest absolute Gasteiger partial charge is 0.416 e. The van der Waals surface area contributed by atoms with Crippen molar-refractivity contribution in [3.8, 4) is 0 Å². The maximum Gasteiger partial charge on any atom is 0.416 e.